The highest BCUT2D eigenvalue weighted by molar-refractivity contribution is 5.85. The third kappa shape index (κ3) is 4.29. The van der Waals surface area contributed by atoms with E-state index in [1.54, 1.807) is 6.92 Å². The van der Waals surface area contributed by atoms with Crippen molar-refractivity contribution in [3.05, 3.63) is 59.7 Å². The molecule has 29 heavy (non-hydrogen) atoms. The van der Waals surface area contributed by atoms with Gasteiger partial charge in [-0.25, -0.2) is 4.79 Å². The summed E-state index contributed by atoms with van der Waals surface area (Å²) < 4.78 is 5.52. The van der Waals surface area contributed by atoms with Crippen LogP contribution in [0.5, 0.6) is 0 Å². The van der Waals surface area contributed by atoms with E-state index in [2.05, 4.69) is 34.9 Å². The Hall–Kier alpha value is -2.82. The summed E-state index contributed by atoms with van der Waals surface area (Å²) in [5, 5.41) is 5.71. The fourth-order valence-corrected chi connectivity index (χ4v) is 4.46. The van der Waals surface area contributed by atoms with Crippen molar-refractivity contribution < 1.29 is 14.3 Å². The van der Waals surface area contributed by atoms with Crippen LogP contribution in [0.15, 0.2) is 48.5 Å². The molecule has 0 heterocycles. The Kier molecular flexibility index (Phi) is 5.84. The second-order valence-corrected chi connectivity index (χ2v) is 8.04. The van der Waals surface area contributed by atoms with Crippen LogP contribution >= 0.6 is 0 Å². The molecule has 4 rings (SSSR count). The Morgan fingerprint density at radius 3 is 2.17 bits per heavy atom. The minimum Gasteiger partial charge on any atom is -0.449 e. The van der Waals surface area contributed by atoms with Crippen molar-refractivity contribution in [2.45, 2.75) is 57.0 Å². The summed E-state index contributed by atoms with van der Waals surface area (Å²) in [6.07, 6.45) is 5.02. The highest BCUT2D eigenvalue weighted by atomic mass is 16.5. The van der Waals surface area contributed by atoms with Crippen LogP contribution in [0.1, 0.15) is 56.1 Å². The van der Waals surface area contributed by atoms with Crippen molar-refractivity contribution in [2.24, 2.45) is 0 Å². The Labute approximate surface area is 171 Å². The first-order valence-corrected chi connectivity index (χ1v) is 10.6. The number of amides is 2. The summed E-state index contributed by atoms with van der Waals surface area (Å²) >= 11 is 0. The fourth-order valence-electron chi connectivity index (χ4n) is 4.46. The molecule has 2 aromatic rings. The first kappa shape index (κ1) is 19.5. The number of hydrogen-bond acceptors (Lipinski definition) is 3. The van der Waals surface area contributed by atoms with E-state index >= 15 is 0 Å². The van der Waals surface area contributed by atoms with E-state index in [9.17, 15) is 9.59 Å². The van der Waals surface area contributed by atoms with Crippen molar-refractivity contribution >= 4 is 12.0 Å². The Bertz CT molecular complexity index is 844. The molecule has 0 spiro atoms. The van der Waals surface area contributed by atoms with Gasteiger partial charge in [-0.15, -0.1) is 0 Å². The number of carbonyl (C=O) groups excluding carboxylic acids is 2. The van der Waals surface area contributed by atoms with Gasteiger partial charge in [-0.1, -0.05) is 67.8 Å². The standard InChI is InChI=1S/C24H28N2O3/c1-16(23(27)26-17-9-3-2-4-10-17)25-24(28)29-15-22-20-13-7-5-11-18(20)19-12-6-8-14-21(19)22/h5-8,11-14,16-17,22H,2-4,9-10,15H2,1H3,(H,25,28)(H,26,27)/t16-/m0/s1. The molecule has 0 saturated heterocycles. The van der Waals surface area contributed by atoms with Gasteiger partial charge in [0, 0.05) is 12.0 Å². The van der Waals surface area contributed by atoms with Crippen LogP contribution in [-0.4, -0.2) is 30.7 Å². The maximum atomic E-state index is 12.4. The van der Waals surface area contributed by atoms with Gasteiger partial charge < -0.3 is 15.4 Å². The molecule has 0 bridgehead atoms. The lowest BCUT2D eigenvalue weighted by Crippen LogP contribution is -2.48. The molecule has 2 N–H and O–H groups in total. The number of fused-ring (bicyclic) bond motifs is 3. The van der Waals surface area contributed by atoms with Gasteiger partial charge in [-0.2, -0.15) is 0 Å². The maximum Gasteiger partial charge on any atom is 0.407 e. The topological polar surface area (TPSA) is 67.4 Å². The van der Waals surface area contributed by atoms with E-state index in [-0.39, 0.29) is 24.5 Å². The van der Waals surface area contributed by atoms with Gasteiger partial charge in [0.25, 0.3) is 0 Å². The Morgan fingerprint density at radius 1 is 0.966 bits per heavy atom. The second-order valence-electron chi connectivity index (χ2n) is 8.04. The molecule has 1 fully saturated rings. The van der Waals surface area contributed by atoms with Crippen LogP contribution < -0.4 is 10.6 Å². The SMILES string of the molecule is C[C@H](NC(=O)OCC1c2ccccc2-c2ccccc21)C(=O)NC1CCCCC1. The molecule has 0 radical (unpaired) electrons. The summed E-state index contributed by atoms with van der Waals surface area (Å²) in [6.45, 7) is 1.94. The molecule has 152 valence electrons. The second kappa shape index (κ2) is 8.68. The molecule has 0 unspecified atom stereocenters. The van der Waals surface area contributed by atoms with Crippen molar-refractivity contribution in [1.29, 1.82) is 0 Å². The molecule has 5 heteroatoms. The highest BCUT2D eigenvalue weighted by Gasteiger charge is 2.29. The molecule has 0 aromatic heterocycles. The van der Waals surface area contributed by atoms with E-state index in [0.29, 0.717) is 0 Å². The molecular formula is C24H28N2O3. The molecular weight excluding hydrogens is 364 g/mol. The zero-order valence-electron chi connectivity index (χ0n) is 16.8. The van der Waals surface area contributed by atoms with Crippen molar-refractivity contribution in [3.8, 4) is 11.1 Å². The van der Waals surface area contributed by atoms with Gasteiger partial charge in [0.05, 0.1) is 0 Å². The fraction of sp³-hybridized carbons (Fsp3) is 0.417. The summed E-state index contributed by atoms with van der Waals surface area (Å²) in [5.41, 5.74) is 4.73. The van der Waals surface area contributed by atoms with Crippen LogP contribution in [0.2, 0.25) is 0 Å². The first-order valence-electron chi connectivity index (χ1n) is 10.6. The van der Waals surface area contributed by atoms with Gasteiger partial charge in [-0.3, -0.25) is 4.79 Å². The normalized spacial score (nSPS) is 17.1. The lowest BCUT2D eigenvalue weighted by molar-refractivity contribution is -0.123. The summed E-state index contributed by atoms with van der Waals surface area (Å²) in [7, 11) is 0. The minimum atomic E-state index is -0.618. The zero-order valence-corrected chi connectivity index (χ0v) is 16.8. The number of benzene rings is 2. The summed E-state index contributed by atoms with van der Waals surface area (Å²) in [5.74, 6) is -0.134. The van der Waals surface area contributed by atoms with E-state index in [1.807, 2.05) is 24.3 Å². The number of nitrogens with one attached hydrogen (secondary N) is 2. The highest BCUT2D eigenvalue weighted by Crippen LogP contribution is 2.44. The summed E-state index contributed by atoms with van der Waals surface area (Å²) in [6, 6.07) is 16.1. The van der Waals surface area contributed by atoms with Gasteiger partial charge in [-0.05, 0) is 42.0 Å². The maximum absolute atomic E-state index is 12.4. The third-order valence-corrected chi connectivity index (χ3v) is 6.02. The molecule has 2 aliphatic rings. The van der Waals surface area contributed by atoms with Crippen LogP contribution in [0.25, 0.3) is 11.1 Å². The van der Waals surface area contributed by atoms with Crippen LogP contribution in [0.4, 0.5) is 4.79 Å². The Balaban J connectivity index is 1.33. The van der Waals surface area contributed by atoms with Gasteiger partial charge in [0.1, 0.15) is 12.6 Å². The predicted octanol–water partition coefficient (Wildman–Crippen LogP) is 4.36. The van der Waals surface area contributed by atoms with Gasteiger partial charge in [0.15, 0.2) is 0 Å². The van der Waals surface area contributed by atoms with Crippen molar-refractivity contribution in [2.75, 3.05) is 6.61 Å². The largest absolute Gasteiger partial charge is 0.449 e. The number of ether oxygens (including phenoxy) is 1. The van der Waals surface area contributed by atoms with Crippen LogP contribution in [0.3, 0.4) is 0 Å². The first-order chi connectivity index (χ1) is 14.1. The molecule has 1 saturated carbocycles. The lowest BCUT2D eigenvalue weighted by Gasteiger charge is -2.24. The number of rotatable bonds is 5. The average Bonchev–Trinajstić information content (AvgIpc) is 3.07. The monoisotopic (exact) mass is 392 g/mol. The van der Waals surface area contributed by atoms with E-state index in [1.165, 1.54) is 28.7 Å². The van der Waals surface area contributed by atoms with Crippen molar-refractivity contribution in [3.63, 3.8) is 0 Å². The number of hydrogen-bond donors (Lipinski definition) is 2. The van der Waals surface area contributed by atoms with Crippen LogP contribution in [0, 0.1) is 0 Å². The molecule has 5 nitrogen and oxygen atoms in total. The number of alkyl carbamates (subject to hydrolysis) is 1. The van der Waals surface area contributed by atoms with Crippen LogP contribution in [-0.2, 0) is 9.53 Å². The quantitative estimate of drug-likeness (QED) is 0.794. The molecule has 2 amide bonds. The lowest BCUT2D eigenvalue weighted by atomic mass is 9.95. The van der Waals surface area contributed by atoms with E-state index in [0.717, 1.165) is 25.7 Å². The number of carbonyl (C=O) groups is 2. The smallest absolute Gasteiger partial charge is 0.407 e. The van der Waals surface area contributed by atoms with Crippen molar-refractivity contribution in [1.82, 2.24) is 10.6 Å². The zero-order chi connectivity index (χ0) is 20.2. The predicted molar refractivity (Wildman–Crippen MR) is 113 cm³/mol. The van der Waals surface area contributed by atoms with Gasteiger partial charge >= 0.3 is 6.09 Å². The molecule has 0 aliphatic heterocycles. The average molecular weight is 392 g/mol. The van der Waals surface area contributed by atoms with E-state index in [4.69, 9.17) is 4.74 Å². The molecule has 2 aromatic carbocycles. The molecule has 1 atom stereocenters. The molecule has 2 aliphatic carbocycles. The van der Waals surface area contributed by atoms with Gasteiger partial charge in [0.2, 0.25) is 5.91 Å². The Morgan fingerprint density at radius 2 is 1.55 bits per heavy atom. The minimum absolute atomic E-state index is 0.0134. The third-order valence-electron chi connectivity index (χ3n) is 6.02. The summed E-state index contributed by atoms with van der Waals surface area (Å²) in [4.78, 5) is 24.7. The van der Waals surface area contributed by atoms with E-state index < -0.39 is 12.1 Å².